The van der Waals surface area contributed by atoms with Gasteiger partial charge in [-0.25, -0.2) is 0 Å². The van der Waals surface area contributed by atoms with E-state index < -0.39 is 0 Å². The Labute approximate surface area is 128 Å². The molecule has 0 spiro atoms. The molecule has 1 fully saturated rings. The summed E-state index contributed by atoms with van der Waals surface area (Å²) in [6.07, 6.45) is 10.4. The predicted molar refractivity (Wildman–Crippen MR) is 83.4 cm³/mol. The van der Waals surface area contributed by atoms with Gasteiger partial charge in [-0.15, -0.1) is 0 Å². The second-order valence-electron chi connectivity index (χ2n) is 5.09. The molecule has 0 radical (unpaired) electrons. The fourth-order valence-electron chi connectivity index (χ4n) is 2.86. The molecule has 20 heavy (non-hydrogen) atoms. The number of halogens is 2. The number of ketones is 1. The highest BCUT2D eigenvalue weighted by atomic mass is 35.5. The summed E-state index contributed by atoms with van der Waals surface area (Å²) in [6, 6.07) is 5.74. The lowest BCUT2D eigenvalue weighted by Crippen LogP contribution is -2.19. The molecule has 2 aliphatic carbocycles. The van der Waals surface area contributed by atoms with Gasteiger partial charge in [0.25, 0.3) is 0 Å². The normalized spacial score (nSPS) is 21.9. The highest BCUT2D eigenvalue weighted by Gasteiger charge is 2.29. The van der Waals surface area contributed by atoms with E-state index in [0.29, 0.717) is 16.5 Å². The molecule has 1 unspecified atom stereocenters. The van der Waals surface area contributed by atoms with E-state index in [0.717, 1.165) is 29.6 Å². The summed E-state index contributed by atoms with van der Waals surface area (Å²) in [4.78, 5) is 12.1. The molecular formula is C17H14Cl2O. The van der Waals surface area contributed by atoms with Crippen molar-refractivity contribution in [1.29, 1.82) is 0 Å². The first-order valence-corrected chi connectivity index (χ1v) is 7.48. The fraction of sp³-hybridized carbons (Fsp3) is 0.235. The van der Waals surface area contributed by atoms with Crippen molar-refractivity contribution in [3.8, 4) is 0 Å². The summed E-state index contributed by atoms with van der Waals surface area (Å²) < 4.78 is 0. The van der Waals surface area contributed by atoms with Gasteiger partial charge in [0.05, 0.1) is 10.0 Å². The van der Waals surface area contributed by atoms with E-state index in [1.807, 2.05) is 30.4 Å². The van der Waals surface area contributed by atoms with Gasteiger partial charge in [0.1, 0.15) is 0 Å². The van der Waals surface area contributed by atoms with Crippen LogP contribution in [0.4, 0.5) is 0 Å². The van der Waals surface area contributed by atoms with Crippen LogP contribution in [0.2, 0.25) is 10.0 Å². The maximum Gasteiger partial charge on any atom is 0.162 e. The van der Waals surface area contributed by atoms with Gasteiger partial charge < -0.3 is 0 Å². The smallest absolute Gasteiger partial charge is 0.162 e. The third-order valence-electron chi connectivity index (χ3n) is 3.86. The Hall–Kier alpha value is -1.31. The van der Waals surface area contributed by atoms with Crippen LogP contribution >= 0.6 is 23.2 Å². The van der Waals surface area contributed by atoms with Gasteiger partial charge in [-0.1, -0.05) is 53.6 Å². The summed E-state index contributed by atoms with van der Waals surface area (Å²) in [5.74, 6) is 0.465. The highest BCUT2D eigenvalue weighted by molar-refractivity contribution is 6.42. The van der Waals surface area contributed by atoms with E-state index >= 15 is 0 Å². The van der Waals surface area contributed by atoms with Crippen molar-refractivity contribution in [2.75, 3.05) is 0 Å². The van der Waals surface area contributed by atoms with Gasteiger partial charge in [0, 0.05) is 17.9 Å². The zero-order valence-corrected chi connectivity index (χ0v) is 12.4. The Bertz CT molecular complexity index is 653. The lowest BCUT2D eigenvalue weighted by atomic mass is 9.76. The number of allylic oxidation sites excluding steroid dienone is 6. The fourth-order valence-corrected chi connectivity index (χ4v) is 3.17. The van der Waals surface area contributed by atoms with Gasteiger partial charge in [0.2, 0.25) is 0 Å². The Kier molecular flexibility index (Phi) is 3.82. The van der Waals surface area contributed by atoms with Crippen LogP contribution < -0.4 is 0 Å². The van der Waals surface area contributed by atoms with E-state index in [-0.39, 0.29) is 11.7 Å². The molecule has 0 N–H and O–H groups in total. The molecule has 0 heterocycles. The van der Waals surface area contributed by atoms with E-state index in [1.54, 1.807) is 0 Å². The molecular weight excluding hydrogens is 291 g/mol. The van der Waals surface area contributed by atoms with Gasteiger partial charge in [-0.2, -0.15) is 0 Å². The van der Waals surface area contributed by atoms with Crippen molar-refractivity contribution in [2.45, 2.75) is 25.2 Å². The second kappa shape index (κ2) is 5.59. The number of carbonyl (C=O) groups excluding carboxylic acids is 1. The number of fused-ring (bicyclic) bond motifs is 1. The van der Waals surface area contributed by atoms with E-state index in [9.17, 15) is 4.79 Å². The minimum atomic E-state index is 0.219. The average Bonchev–Trinajstić information content (AvgIpc) is 2.69. The monoisotopic (exact) mass is 304 g/mol. The van der Waals surface area contributed by atoms with Crippen molar-refractivity contribution >= 4 is 29.0 Å². The van der Waals surface area contributed by atoms with Crippen LogP contribution in [0, 0.1) is 0 Å². The molecule has 0 saturated heterocycles. The third-order valence-corrected chi connectivity index (χ3v) is 4.60. The molecule has 0 aromatic heterocycles. The molecule has 1 aromatic rings. The van der Waals surface area contributed by atoms with E-state index in [1.165, 1.54) is 0 Å². The van der Waals surface area contributed by atoms with Crippen molar-refractivity contribution in [2.24, 2.45) is 0 Å². The molecule has 0 aliphatic heterocycles. The lowest BCUT2D eigenvalue weighted by Gasteiger charge is -2.27. The quantitative estimate of drug-likeness (QED) is 0.692. The minimum absolute atomic E-state index is 0.219. The summed E-state index contributed by atoms with van der Waals surface area (Å²) in [5, 5.41) is 1.13. The Morgan fingerprint density at radius 3 is 2.80 bits per heavy atom. The third kappa shape index (κ3) is 2.48. The molecule has 1 aromatic carbocycles. The zero-order valence-electron chi connectivity index (χ0n) is 10.9. The van der Waals surface area contributed by atoms with Gasteiger partial charge >= 0.3 is 0 Å². The number of rotatable bonds is 1. The molecule has 102 valence electrons. The van der Waals surface area contributed by atoms with Crippen LogP contribution in [-0.4, -0.2) is 5.78 Å². The molecule has 1 nitrogen and oxygen atoms in total. The van der Waals surface area contributed by atoms with Gasteiger partial charge in [-0.05, 0) is 36.1 Å². The molecule has 2 aliphatic rings. The molecule has 1 atom stereocenters. The Morgan fingerprint density at radius 1 is 1.15 bits per heavy atom. The second-order valence-corrected chi connectivity index (χ2v) is 5.91. The molecule has 3 heteroatoms. The molecule has 1 saturated carbocycles. The van der Waals surface area contributed by atoms with Crippen LogP contribution in [0.25, 0.3) is 0 Å². The standard InChI is InChI=1S/C17H14Cl2O/c18-15-8-6-11(10-16(15)19)12-7-9-17(20)14-5-3-1-2-4-13(12)14/h1-2,4-6,8,10,12H,3,7,9H2. The number of hydrogen-bond acceptors (Lipinski definition) is 1. The van der Waals surface area contributed by atoms with Crippen LogP contribution in [-0.2, 0) is 4.79 Å². The largest absolute Gasteiger partial charge is 0.294 e. The van der Waals surface area contributed by atoms with Crippen LogP contribution in [0.1, 0.15) is 30.7 Å². The average molecular weight is 305 g/mol. The van der Waals surface area contributed by atoms with Crippen LogP contribution in [0.15, 0.2) is 53.6 Å². The zero-order chi connectivity index (χ0) is 14.1. The first-order chi connectivity index (χ1) is 9.66. The van der Waals surface area contributed by atoms with E-state index in [4.69, 9.17) is 23.2 Å². The first-order valence-electron chi connectivity index (χ1n) is 6.72. The first kappa shape index (κ1) is 13.7. The number of hydrogen-bond donors (Lipinski definition) is 0. The maximum absolute atomic E-state index is 12.1. The van der Waals surface area contributed by atoms with Crippen LogP contribution in [0.5, 0.6) is 0 Å². The van der Waals surface area contributed by atoms with Gasteiger partial charge in [-0.3, -0.25) is 4.79 Å². The van der Waals surface area contributed by atoms with Crippen molar-refractivity contribution in [3.05, 3.63) is 69.3 Å². The van der Waals surface area contributed by atoms with Crippen molar-refractivity contribution < 1.29 is 4.79 Å². The van der Waals surface area contributed by atoms with E-state index in [2.05, 4.69) is 12.2 Å². The number of carbonyl (C=O) groups is 1. The SMILES string of the molecule is O=C1CCC(c2ccc(Cl)c(Cl)c2)C2=CC=CCC=C12. The summed E-state index contributed by atoms with van der Waals surface area (Å²) >= 11 is 12.1. The van der Waals surface area contributed by atoms with Crippen molar-refractivity contribution in [3.63, 3.8) is 0 Å². The topological polar surface area (TPSA) is 17.1 Å². The number of Topliss-reactive ketones (excluding diaryl/α,β-unsaturated/α-hetero) is 1. The number of benzene rings is 1. The highest BCUT2D eigenvalue weighted by Crippen LogP contribution is 2.41. The Morgan fingerprint density at radius 2 is 2.00 bits per heavy atom. The lowest BCUT2D eigenvalue weighted by molar-refractivity contribution is -0.116. The summed E-state index contributed by atoms with van der Waals surface area (Å²) in [5.41, 5.74) is 3.10. The molecule has 3 rings (SSSR count). The predicted octanol–water partition coefficient (Wildman–Crippen LogP) is 5.25. The van der Waals surface area contributed by atoms with Gasteiger partial charge in [0.15, 0.2) is 5.78 Å². The Balaban J connectivity index is 2.04. The summed E-state index contributed by atoms with van der Waals surface area (Å²) in [7, 11) is 0. The summed E-state index contributed by atoms with van der Waals surface area (Å²) in [6.45, 7) is 0. The molecule has 0 bridgehead atoms. The minimum Gasteiger partial charge on any atom is -0.294 e. The van der Waals surface area contributed by atoms with Crippen LogP contribution in [0.3, 0.4) is 0 Å². The maximum atomic E-state index is 12.1. The molecule has 0 amide bonds. The van der Waals surface area contributed by atoms with Crippen molar-refractivity contribution in [1.82, 2.24) is 0 Å².